The second-order valence-corrected chi connectivity index (χ2v) is 8.28. The van der Waals surface area contributed by atoms with E-state index in [0.717, 1.165) is 24.9 Å². The Labute approximate surface area is 198 Å². The molecule has 0 radical (unpaired) electrons. The molecular weight excluding hydrogens is 432 g/mol. The Bertz CT molecular complexity index is 1190. The van der Waals surface area contributed by atoms with Gasteiger partial charge in [0.2, 0.25) is 0 Å². The molecule has 4 rings (SSSR count). The largest absolute Gasteiger partial charge is 0.497 e. The molecule has 1 amide bonds. The van der Waals surface area contributed by atoms with Crippen LogP contribution in [0.5, 0.6) is 5.75 Å². The van der Waals surface area contributed by atoms with Crippen molar-refractivity contribution in [2.75, 3.05) is 13.7 Å². The van der Waals surface area contributed by atoms with Gasteiger partial charge in [-0.2, -0.15) is 10.4 Å². The number of hydrogen-bond donors (Lipinski definition) is 1. The van der Waals surface area contributed by atoms with Crippen LogP contribution >= 0.6 is 0 Å². The molecule has 0 spiro atoms. The molecule has 0 aliphatic heterocycles. The van der Waals surface area contributed by atoms with Gasteiger partial charge in [-0.25, -0.2) is 9.48 Å². The van der Waals surface area contributed by atoms with Crippen LogP contribution in [0.4, 0.5) is 0 Å². The van der Waals surface area contributed by atoms with Crippen LogP contribution in [0.25, 0.3) is 16.9 Å². The highest BCUT2D eigenvalue weighted by Gasteiger charge is 2.34. The first kappa shape index (κ1) is 23.1. The first-order valence-corrected chi connectivity index (χ1v) is 11.2. The summed E-state index contributed by atoms with van der Waals surface area (Å²) in [5, 5.41) is 16.9. The molecule has 1 saturated carbocycles. The first-order valence-electron chi connectivity index (χ1n) is 11.2. The number of carbonyl (C=O) groups is 2. The van der Waals surface area contributed by atoms with E-state index in [-0.39, 0.29) is 5.56 Å². The minimum Gasteiger partial charge on any atom is -0.497 e. The van der Waals surface area contributed by atoms with Crippen molar-refractivity contribution in [3.63, 3.8) is 0 Å². The normalized spacial score (nSPS) is 14.6. The zero-order chi connectivity index (χ0) is 24.0. The summed E-state index contributed by atoms with van der Waals surface area (Å²) >= 11 is 0. The Morgan fingerprint density at radius 3 is 2.44 bits per heavy atom. The maximum absolute atomic E-state index is 13.0. The van der Waals surface area contributed by atoms with E-state index >= 15 is 0 Å². The van der Waals surface area contributed by atoms with E-state index in [1.54, 1.807) is 42.3 Å². The van der Waals surface area contributed by atoms with Crippen LogP contribution in [0.1, 0.15) is 42.5 Å². The smallest absolute Gasteiger partial charge is 0.342 e. The fourth-order valence-electron chi connectivity index (χ4n) is 4.13. The monoisotopic (exact) mass is 458 g/mol. The predicted octanol–water partition coefficient (Wildman–Crippen LogP) is 4.05. The van der Waals surface area contributed by atoms with Crippen molar-refractivity contribution in [2.24, 2.45) is 0 Å². The van der Waals surface area contributed by atoms with Crippen LogP contribution in [-0.2, 0) is 9.53 Å². The zero-order valence-electron chi connectivity index (χ0n) is 19.0. The van der Waals surface area contributed by atoms with Crippen molar-refractivity contribution in [1.82, 2.24) is 15.1 Å². The molecule has 1 aliphatic rings. The van der Waals surface area contributed by atoms with Crippen molar-refractivity contribution < 1.29 is 19.1 Å². The number of methoxy groups -OCH3 is 1. The minimum atomic E-state index is -0.881. The maximum atomic E-state index is 13.0. The molecule has 8 nitrogen and oxygen atoms in total. The molecule has 1 aromatic heterocycles. The Morgan fingerprint density at radius 2 is 1.79 bits per heavy atom. The van der Waals surface area contributed by atoms with Crippen LogP contribution in [-0.4, -0.2) is 40.9 Å². The summed E-state index contributed by atoms with van der Waals surface area (Å²) < 4.78 is 12.2. The first-order chi connectivity index (χ1) is 16.5. The van der Waals surface area contributed by atoms with Gasteiger partial charge in [0, 0.05) is 11.8 Å². The van der Waals surface area contributed by atoms with Gasteiger partial charge in [0.25, 0.3) is 5.91 Å². The minimum absolute atomic E-state index is 0.231. The lowest BCUT2D eigenvalue weighted by molar-refractivity contribution is -0.125. The summed E-state index contributed by atoms with van der Waals surface area (Å²) in [7, 11) is 1.58. The van der Waals surface area contributed by atoms with Crippen LogP contribution in [0.3, 0.4) is 0 Å². The highest BCUT2D eigenvalue weighted by Crippen LogP contribution is 2.28. The van der Waals surface area contributed by atoms with E-state index in [0.29, 0.717) is 29.8 Å². The highest BCUT2D eigenvalue weighted by molar-refractivity contribution is 5.97. The van der Waals surface area contributed by atoms with E-state index in [1.807, 2.05) is 30.3 Å². The zero-order valence-corrected chi connectivity index (χ0v) is 19.0. The van der Waals surface area contributed by atoms with Gasteiger partial charge in [-0.3, -0.25) is 4.79 Å². The summed E-state index contributed by atoms with van der Waals surface area (Å²) in [5.41, 5.74) is 1.26. The molecule has 174 valence electrons. The third-order valence-corrected chi connectivity index (χ3v) is 5.95. The Morgan fingerprint density at radius 1 is 1.09 bits per heavy atom. The number of hydrogen-bond acceptors (Lipinski definition) is 6. The average molecular weight is 459 g/mol. The molecule has 34 heavy (non-hydrogen) atoms. The van der Waals surface area contributed by atoms with E-state index in [2.05, 4.69) is 16.5 Å². The summed E-state index contributed by atoms with van der Waals surface area (Å²) in [6.45, 7) is -0.471. The van der Waals surface area contributed by atoms with Crippen LogP contribution in [0.15, 0.2) is 60.8 Å². The predicted molar refractivity (Wildman–Crippen MR) is 125 cm³/mol. The number of benzene rings is 2. The number of para-hydroxylation sites is 1. The van der Waals surface area contributed by atoms with E-state index in [9.17, 15) is 14.9 Å². The molecule has 1 N–H and O–H groups in total. The summed E-state index contributed by atoms with van der Waals surface area (Å²) in [5.74, 6) is -0.475. The third kappa shape index (κ3) is 5.09. The second-order valence-electron chi connectivity index (χ2n) is 8.28. The van der Waals surface area contributed by atoms with Crippen LogP contribution in [0, 0.1) is 11.3 Å². The number of esters is 1. The quantitative estimate of drug-likeness (QED) is 0.536. The molecule has 2 aromatic carbocycles. The lowest BCUT2D eigenvalue weighted by Crippen LogP contribution is -2.50. The Hall–Kier alpha value is -4.12. The van der Waals surface area contributed by atoms with Crippen molar-refractivity contribution in [1.29, 1.82) is 5.26 Å². The van der Waals surface area contributed by atoms with Crippen molar-refractivity contribution in [2.45, 2.75) is 37.6 Å². The standard InChI is InChI=1S/C26H26N4O4/c1-33-21-12-10-19(11-13-21)24-22(16-30(29-24)20-8-4-2-5-9-20)25(32)34-17-23(31)28-26(18-27)14-6-3-7-15-26/h2,4-5,8-13,16H,3,6-7,14-15,17H2,1H3,(H,28,31). The highest BCUT2D eigenvalue weighted by atomic mass is 16.5. The topological polar surface area (TPSA) is 106 Å². The van der Waals surface area contributed by atoms with Gasteiger partial charge in [-0.15, -0.1) is 0 Å². The number of carbonyl (C=O) groups excluding carboxylic acids is 2. The number of rotatable bonds is 7. The SMILES string of the molecule is COc1ccc(-c2nn(-c3ccccc3)cc2C(=O)OCC(=O)NC2(C#N)CCCCC2)cc1. The molecule has 1 aliphatic carbocycles. The lowest BCUT2D eigenvalue weighted by atomic mass is 9.83. The summed E-state index contributed by atoms with van der Waals surface area (Å²) in [6, 6.07) is 18.8. The Kier molecular flexibility index (Phi) is 6.93. The van der Waals surface area contributed by atoms with E-state index in [1.165, 1.54) is 0 Å². The molecule has 0 saturated heterocycles. The average Bonchev–Trinajstić information content (AvgIpc) is 3.34. The maximum Gasteiger partial charge on any atom is 0.342 e. The molecule has 0 bridgehead atoms. The number of nitrogens with zero attached hydrogens (tertiary/aromatic N) is 3. The molecule has 0 unspecified atom stereocenters. The summed E-state index contributed by atoms with van der Waals surface area (Å²) in [6.07, 6.45) is 5.62. The number of amides is 1. The molecule has 0 atom stereocenters. The van der Waals surface area contributed by atoms with Gasteiger partial charge in [0.1, 0.15) is 22.5 Å². The fourth-order valence-corrected chi connectivity index (χ4v) is 4.13. The summed E-state index contributed by atoms with van der Waals surface area (Å²) in [4.78, 5) is 25.5. The van der Waals surface area contributed by atoms with Gasteiger partial charge in [-0.05, 0) is 49.2 Å². The molecule has 1 fully saturated rings. The van der Waals surface area contributed by atoms with Gasteiger partial charge >= 0.3 is 5.97 Å². The van der Waals surface area contributed by atoms with Gasteiger partial charge < -0.3 is 14.8 Å². The van der Waals surface area contributed by atoms with E-state index < -0.39 is 24.0 Å². The number of aromatic nitrogens is 2. The van der Waals surface area contributed by atoms with Gasteiger partial charge in [-0.1, -0.05) is 37.5 Å². The molecule has 8 heteroatoms. The number of ether oxygens (including phenoxy) is 2. The van der Waals surface area contributed by atoms with Gasteiger partial charge in [0.15, 0.2) is 6.61 Å². The number of nitrogens with one attached hydrogen (secondary N) is 1. The van der Waals surface area contributed by atoms with Crippen molar-refractivity contribution in [3.05, 3.63) is 66.4 Å². The molecule has 3 aromatic rings. The van der Waals surface area contributed by atoms with Crippen molar-refractivity contribution >= 4 is 11.9 Å². The number of nitriles is 1. The van der Waals surface area contributed by atoms with E-state index in [4.69, 9.17) is 9.47 Å². The molecular formula is C26H26N4O4. The van der Waals surface area contributed by atoms with Crippen LogP contribution < -0.4 is 10.1 Å². The third-order valence-electron chi connectivity index (χ3n) is 5.95. The van der Waals surface area contributed by atoms with Gasteiger partial charge in [0.05, 0.1) is 18.9 Å². The molecule has 1 heterocycles. The Balaban J connectivity index is 1.54. The van der Waals surface area contributed by atoms with Crippen molar-refractivity contribution in [3.8, 4) is 28.8 Å². The fraction of sp³-hybridized carbons (Fsp3) is 0.308. The second kappa shape index (κ2) is 10.2. The lowest BCUT2D eigenvalue weighted by Gasteiger charge is -2.31. The van der Waals surface area contributed by atoms with Crippen LogP contribution in [0.2, 0.25) is 0 Å².